The first-order valence-electron chi connectivity index (χ1n) is 8.61. The van der Waals surface area contributed by atoms with Gasteiger partial charge in [-0.05, 0) is 25.1 Å². The summed E-state index contributed by atoms with van der Waals surface area (Å²) in [5.41, 5.74) is 1.25. The second-order valence-electron chi connectivity index (χ2n) is 6.66. The zero-order valence-electron chi connectivity index (χ0n) is 15.0. The van der Waals surface area contributed by atoms with E-state index in [9.17, 15) is 13.2 Å². The van der Waals surface area contributed by atoms with Crippen LogP contribution in [0.25, 0.3) is 11.3 Å². The highest BCUT2D eigenvalue weighted by atomic mass is 35.5. The van der Waals surface area contributed by atoms with Crippen LogP contribution in [0.3, 0.4) is 0 Å². The molecule has 146 valence electrons. The van der Waals surface area contributed by atoms with Gasteiger partial charge in [-0.15, -0.1) is 0 Å². The maximum atomic E-state index is 13.0. The lowest BCUT2D eigenvalue weighted by Gasteiger charge is -2.38. The molecule has 1 aliphatic heterocycles. The minimum absolute atomic E-state index is 0.120. The van der Waals surface area contributed by atoms with Crippen molar-refractivity contribution in [1.82, 2.24) is 10.1 Å². The van der Waals surface area contributed by atoms with E-state index in [1.165, 1.54) is 11.2 Å². The number of carbonyl (C=O) groups is 1. The van der Waals surface area contributed by atoms with Gasteiger partial charge in [-0.1, -0.05) is 35.0 Å². The summed E-state index contributed by atoms with van der Waals surface area (Å²) >= 11 is 6.23. The maximum Gasteiger partial charge on any atom is 0.259 e. The summed E-state index contributed by atoms with van der Waals surface area (Å²) in [6.07, 6.45) is 1.44. The Morgan fingerprint density at radius 2 is 2.00 bits per heavy atom. The molecule has 0 N–H and O–H groups in total. The van der Waals surface area contributed by atoms with Crippen molar-refractivity contribution >= 4 is 27.3 Å². The number of likely N-dealkylation sites (tertiary alicyclic amines) is 1. The van der Waals surface area contributed by atoms with Crippen LogP contribution in [0, 0.1) is 6.92 Å². The molecule has 0 atom stereocenters. The molecule has 1 saturated heterocycles. The van der Waals surface area contributed by atoms with Crippen LogP contribution >= 0.6 is 11.6 Å². The quantitative estimate of drug-likeness (QED) is 0.628. The first kappa shape index (κ1) is 18.8. The molecule has 1 fully saturated rings. The number of furan rings is 1. The SMILES string of the molecule is Cc1onc(-c2ccccc2Cl)c1C(=O)N1CC(S(=O)(=O)Cc2ccco2)C1. The maximum absolute atomic E-state index is 13.0. The Labute approximate surface area is 166 Å². The molecule has 1 aliphatic rings. The van der Waals surface area contributed by atoms with E-state index in [-0.39, 0.29) is 24.7 Å². The summed E-state index contributed by atoms with van der Waals surface area (Å²) in [5.74, 6) is 0.254. The Kier molecular flexibility index (Phi) is 4.76. The van der Waals surface area contributed by atoms with Gasteiger partial charge in [0.25, 0.3) is 5.91 Å². The lowest BCUT2D eigenvalue weighted by Crippen LogP contribution is -2.57. The summed E-state index contributed by atoms with van der Waals surface area (Å²) in [6, 6.07) is 10.3. The molecule has 9 heteroatoms. The van der Waals surface area contributed by atoms with Crippen molar-refractivity contribution in [2.24, 2.45) is 0 Å². The predicted molar refractivity (Wildman–Crippen MR) is 103 cm³/mol. The van der Waals surface area contributed by atoms with Crippen molar-refractivity contribution in [2.45, 2.75) is 17.9 Å². The number of hydrogen-bond acceptors (Lipinski definition) is 6. The monoisotopic (exact) mass is 420 g/mol. The number of amides is 1. The van der Waals surface area contributed by atoms with Crippen molar-refractivity contribution in [3.05, 3.63) is 64.8 Å². The fourth-order valence-corrected chi connectivity index (χ4v) is 5.00. The van der Waals surface area contributed by atoms with E-state index in [0.717, 1.165) is 0 Å². The predicted octanol–water partition coefficient (Wildman–Crippen LogP) is 3.34. The molecule has 3 heterocycles. The van der Waals surface area contributed by atoms with E-state index in [2.05, 4.69) is 5.16 Å². The fraction of sp³-hybridized carbons (Fsp3) is 0.263. The van der Waals surface area contributed by atoms with Crippen LogP contribution in [0.4, 0.5) is 0 Å². The Balaban J connectivity index is 1.52. The number of hydrogen-bond donors (Lipinski definition) is 0. The molecule has 0 unspecified atom stereocenters. The van der Waals surface area contributed by atoms with Gasteiger partial charge in [-0.3, -0.25) is 4.79 Å². The number of benzene rings is 1. The topological polar surface area (TPSA) is 93.6 Å². The van der Waals surface area contributed by atoms with Crippen LogP contribution < -0.4 is 0 Å². The highest BCUT2D eigenvalue weighted by Crippen LogP contribution is 2.33. The Hall–Kier alpha value is -2.58. The van der Waals surface area contributed by atoms with Gasteiger partial charge in [0.05, 0.1) is 16.5 Å². The summed E-state index contributed by atoms with van der Waals surface area (Å²) in [7, 11) is -3.41. The number of aromatic nitrogens is 1. The largest absolute Gasteiger partial charge is 0.468 e. The number of aryl methyl sites for hydroxylation is 1. The molecule has 1 aromatic carbocycles. The standard InChI is InChI=1S/C19H17ClN2O5S/c1-12-17(18(21-27-12)15-6-2-3-7-16(15)20)19(23)22-9-14(10-22)28(24,25)11-13-5-4-8-26-13/h2-8,14H,9-11H2,1H3. The van der Waals surface area contributed by atoms with E-state index >= 15 is 0 Å². The number of halogens is 1. The van der Waals surface area contributed by atoms with Crippen LogP contribution in [0.2, 0.25) is 5.02 Å². The van der Waals surface area contributed by atoms with Gasteiger partial charge in [0.2, 0.25) is 0 Å². The Bertz CT molecular complexity index is 1120. The average molecular weight is 421 g/mol. The van der Waals surface area contributed by atoms with Gasteiger partial charge in [-0.2, -0.15) is 0 Å². The molecule has 28 heavy (non-hydrogen) atoms. The summed E-state index contributed by atoms with van der Waals surface area (Å²) in [6.45, 7) is 1.88. The lowest BCUT2D eigenvalue weighted by atomic mass is 10.0. The average Bonchev–Trinajstić information content (AvgIpc) is 3.22. The molecule has 0 radical (unpaired) electrons. The molecule has 4 rings (SSSR count). The van der Waals surface area contributed by atoms with E-state index in [1.807, 2.05) is 0 Å². The molecule has 1 amide bonds. The fourth-order valence-electron chi connectivity index (χ4n) is 3.16. The normalized spacial score (nSPS) is 14.9. The summed E-state index contributed by atoms with van der Waals surface area (Å²) in [5, 5.41) is 3.82. The first-order valence-corrected chi connectivity index (χ1v) is 10.7. The minimum atomic E-state index is -3.41. The lowest BCUT2D eigenvalue weighted by molar-refractivity contribution is 0.0657. The summed E-state index contributed by atoms with van der Waals surface area (Å²) in [4.78, 5) is 14.4. The first-order chi connectivity index (χ1) is 13.4. The van der Waals surface area contributed by atoms with E-state index in [1.54, 1.807) is 43.3 Å². The highest BCUT2D eigenvalue weighted by molar-refractivity contribution is 7.91. The third-order valence-electron chi connectivity index (χ3n) is 4.77. The minimum Gasteiger partial charge on any atom is -0.468 e. The van der Waals surface area contributed by atoms with E-state index in [4.69, 9.17) is 20.5 Å². The molecule has 0 aliphatic carbocycles. The third-order valence-corrected chi connectivity index (χ3v) is 7.10. The molecule has 0 saturated carbocycles. The molecule has 7 nitrogen and oxygen atoms in total. The number of carbonyl (C=O) groups excluding carboxylic acids is 1. The van der Waals surface area contributed by atoms with E-state index in [0.29, 0.717) is 33.4 Å². The highest BCUT2D eigenvalue weighted by Gasteiger charge is 2.41. The Morgan fingerprint density at radius 1 is 1.25 bits per heavy atom. The van der Waals surface area contributed by atoms with Gasteiger partial charge in [0.1, 0.15) is 28.5 Å². The van der Waals surface area contributed by atoms with Crippen molar-refractivity contribution in [2.75, 3.05) is 13.1 Å². The molecule has 0 spiro atoms. The molecule has 0 bridgehead atoms. The van der Waals surface area contributed by atoms with Gasteiger partial charge in [0, 0.05) is 18.7 Å². The molecule has 3 aromatic rings. The zero-order chi connectivity index (χ0) is 19.9. The Morgan fingerprint density at radius 3 is 2.68 bits per heavy atom. The molecular weight excluding hydrogens is 404 g/mol. The van der Waals surface area contributed by atoms with E-state index < -0.39 is 15.1 Å². The van der Waals surface area contributed by atoms with Gasteiger partial charge in [-0.25, -0.2) is 8.42 Å². The number of nitrogens with zero attached hydrogens (tertiary/aromatic N) is 2. The van der Waals surface area contributed by atoms with Gasteiger partial charge in [0.15, 0.2) is 9.84 Å². The van der Waals surface area contributed by atoms with Crippen molar-refractivity contribution in [3.63, 3.8) is 0 Å². The van der Waals surface area contributed by atoms with Crippen LogP contribution in [0.1, 0.15) is 21.9 Å². The smallest absolute Gasteiger partial charge is 0.259 e. The van der Waals surface area contributed by atoms with Gasteiger partial charge >= 0.3 is 0 Å². The number of rotatable bonds is 5. The van der Waals surface area contributed by atoms with Crippen LogP contribution in [0.15, 0.2) is 51.6 Å². The van der Waals surface area contributed by atoms with Crippen LogP contribution in [0.5, 0.6) is 0 Å². The summed E-state index contributed by atoms with van der Waals surface area (Å²) < 4.78 is 35.3. The number of sulfone groups is 1. The van der Waals surface area contributed by atoms with Crippen molar-refractivity contribution < 1.29 is 22.2 Å². The van der Waals surface area contributed by atoms with Gasteiger partial charge < -0.3 is 13.8 Å². The second kappa shape index (κ2) is 7.10. The van der Waals surface area contributed by atoms with Crippen LogP contribution in [-0.2, 0) is 15.6 Å². The second-order valence-corrected chi connectivity index (χ2v) is 9.35. The third kappa shape index (κ3) is 3.33. The molecular formula is C19H17ClN2O5S. The van der Waals surface area contributed by atoms with Crippen LogP contribution in [-0.4, -0.2) is 42.7 Å². The van der Waals surface area contributed by atoms with Crippen molar-refractivity contribution in [3.8, 4) is 11.3 Å². The zero-order valence-corrected chi connectivity index (χ0v) is 16.5. The molecule has 2 aromatic heterocycles. The van der Waals surface area contributed by atoms with Crippen molar-refractivity contribution in [1.29, 1.82) is 0 Å².